The third-order valence-corrected chi connectivity index (χ3v) is 6.19. The first-order chi connectivity index (χ1) is 15.0. The predicted molar refractivity (Wildman–Crippen MR) is 125 cm³/mol. The average Bonchev–Trinajstić information content (AvgIpc) is 2.80. The van der Waals surface area contributed by atoms with E-state index in [0.717, 1.165) is 36.2 Å². The van der Waals surface area contributed by atoms with Crippen molar-refractivity contribution in [3.05, 3.63) is 59.7 Å². The molecule has 0 aromatic heterocycles. The van der Waals surface area contributed by atoms with E-state index < -0.39 is 0 Å². The molecule has 1 amide bonds. The molecular formula is C26H36N2O3. The zero-order valence-electron chi connectivity index (χ0n) is 19.3. The lowest BCUT2D eigenvalue weighted by molar-refractivity contribution is -0.0230. The van der Waals surface area contributed by atoms with Crippen LogP contribution in [0.1, 0.15) is 43.1 Å². The predicted octanol–water partition coefficient (Wildman–Crippen LogP) is 4.05. The number of hydrogen-bond donors (Lipinski definition) is 1. The summed E-state index contributed by atoms with van der Waals surface area (Å²) in [4.78, 5) is 17.8. The molecule has 5 nitrogen and oxygen atoms in total. The maximum atomic E-state index is 13.7. The Morgan fingerprint density at radius 2 is 1.77 bits per heavy atom. The van der Waals surface area contributed by atoms with Gasteiger partial charge in [-0.25, -0.2) is 0 Å². The summed E-state index contributed by atoms with van der Waals surface area (Å²) in [6, 6.07) is 15.7. The Balaban J connectivity index is 2.07. The van der Waals surface area contributed by atoms with Crippen LogP contribution in [0, 0.1) is 5.92 Å². The minimum Gasteiger partial charge on any atom is -0.394 e. The van der Waals surface area contributed by atoms with Crippen LogP contribution in [-0.4, -0.2) is 66.2 Å². The van der Waals surface area contributed by atoms with Gasteiger partial charge in [0.15, 0.2) is 0 Å². The molecule has 1 N–H and O–H groups in total. The molecule has 1 aliphatic heterocycles. The summed E-state index contributed by atoms with van der Waals surface area (Å²) >= 11 is 0. The smallest absolute Gasteiger partial charge is 0.254 e. The molecule has 0 radical (unpaired) electrons. The number of ether oxygens (including phenoxy) is 1. The van der Waals surface area contributed by atoms with Crippen LogP contribution < -0.4 is 0 Å². The first kappa shape index (κ1) is 23.5. The summed E-state index contributed by atoms with van der Waals surface area (Å²) < 4.78 is 6.50. The van der Waals surface area contributed by atoms with E-state index in [4.69, 9.17) is 4.74 Å². The fourth-order valence-corrected chi connectivity index (χ4v) is 4.33. The number of hydrogen-bond acceptors (Lipinski definition) is 4. The Bertz CT molecular complexity index is 869. The Morgan fingerprint density at radius 1 is 1.13 bits per heavy atom. The number of amides is 1. The third kappa shape index (κ3) is 5.53. The second-order valence-corrected chi connectivity index (χ2v) is 8.78. The van der Waals surface area contributed by atoms with Crippen molar-refractivity contribution in [2.45, 2.75) is 45.9 Å². The molecule has 168 valence electrons. The molecule has 1 aliphatic rings. The molecule has 5 heteroatoms. The number of fused-ring (bicyclic) bond motifs is 3. The second kappa shape index (κ2) is 10.9. The Morgan fingerprint density at radius 3 is 2.45 bits per heavy atom. The number of benzene rings is 2. The topological polar surface area (TPSA) is 53.0 Å². The van der Waals surface area contributed by atoms with Gasteiger partial charge in [0.2, 0.25) is 0 Å². The third-order valence-electron chi connectivity index (χ3n) is 6.19. The fraction of sp³-hybridized carbons (Fsp3) is 0.500. The highest BCUT2D eigenvalue weighted by Crippen LogP contribution is 2.31. The molecule has 3 atom stereocenters. The van der Waals surface area contributed by atoms with Gasteiger partial charge in [-0.1, -0.05) is 56.3 Å². The normalized spacial score (nSPS) is 20.7. The number of likely N-dealkylation sites (N-methyl/N-ethyl adjacent to an activating group) is 1. The average molecular weight is 425 g/mol. The summed E-state index contributed by atoms with van der Waals surface area (Å²) in [5.74, 6) is 0.0797. The minimum atomic E-state index is -0.270. The van der Waals surface area contributed by atoms with Crippen molar-refractivity contribution in [2.75, 3.05) is 33.3 Å². The van der Waals surface area contributed by atoms with Gasteiger partial charge in [-0.3, -0.25) is 4.79 Å². The molecule has 0 saturated carbocycles. The molecule has 0 saturated heterocycles. The Labute approximate surface area is 186 Å². The van der Waals surface area contributed by atoms with Crippen molar-refractivity contribution in [3.63, 3.8) is 0 Å². The lowest BCUT2D eigenvalue weighted by Gasteiger charge is -2.35. The van der Waals surface area contributed by atoms with Crippen LogP contribution in [0.4, 0.5) is 0 Å². The van der Waals surface area contributed by atoms with Crippen LogP contribution in [0.25, 0.3) is 11.1 Å². The maximum Gasteiger partial charge on any atom is 0.254 e. The zero-order chi connectivity index (χ0) is 22.4. The van der Waals surface area contributed by atoms with Crippen LogP contribution in [0.15, 0.2) is 48.5 Å². The highest BCUT2D eigenvalue weighted by Gasteiger charge is 2.30. The largest absolute Gasteiger partial charge is 0.394 e. The summed E-state index contributed by atoms with van der Waals surface area (Å²) in [6.45, 7) is 9.00. The molecule has 0 aliphatic carbocycles. The summed E-state index contributed by atoms with van der Waals surface area (Å²) in [5.41, 5.74) is 3.69. The molecule has 0 bridgehead atoms. The monoisotopic (exact) mass is 424 g/mol. The van der Waals surface area contributed by atoms with Crippen molar-refractivity contribution in [2.24, 2.45) is 5.92 Å². The lowest BCUT2D eigenvalue weighted by atomic mass is 9.94. The van der Waals surface area contributed by atoms with E-state index >= 15 is 0 Å². The van der Waals surface area contributed by atoms with Crippen molar-refractivity contribution >= 4 is 5.91 Å². The molecule has 0 unspecified atom stereocenters. The van der Waals surface area contributed by atoms with Crippen molar-refractivity contribution < 1.29 is 14.6 Å². The van der Waals surface area contributed by atoms with Gasteiger partial charge < -0.3 is 19.6 Å². The molecule has 2 aromatic rings. The molecule has 31 heavy (non-hydrogen) atoms. The summed E-state index contributed by atoms with van der Waals surface area (Å²) in [7, 11) is 2.12. The van der Waals surface area contributed by atoms with E-state index in [1.54, 1.807) is 0 Å². The second-order valence-electron chi connectivity index (χ2n) is 8.78. The van der Waals surface area contributed by atoms with E-state index in [1.165, 1.54) is 0 Å². The van der Waals surface area contributed by atoms with Crippen molar-refractivity contribution in [1.29, 1.82) is 0 Å². The molecule has 0 spiro atoms. The van der Waals surface area contributed by atoms with Crippen molar-refractivity contribution in [3.8, 4) is 11.1 Å². The van der Waals surface area contributed by atoms with Crippen LogP contribution in [-0.2, 0) is 11.3 Å². The molecule has 0 fully saturated rings. The summed E-state index contributed by atoms with van der Waals surface area (Å²) in [5, 5.41) is 9.89. The Hall–Kier alpha value is -2.21. The van der Waals surface area contributed by atoms with Gasteiger partial charge in [-0.05, 0) is 49.7 Å². The van der Waals surface area contributed by atoms with Crippen molar-refractivity contribution in [1.82, 2.24) is 9.80 Å². The first-order valence-electron chi connectivity index (χ1n) is 11.4. The van der Waals surface area contributed by atoms with Gasteiger partial charge in [0, 0.05) is 24.6 Å². The highest BCUT2D eigenvalue weighted by molar-refractivity contribution is 6.01. The van der Waals surface area contributed by atoms with E-state index in [0.29, 0.717) is 18.7 Å². The number of carbonyl (C=O) groups excluding carboxylic acids is 1. The van der Waals surface area contributed by atoms with E-state index in [1.807, 2.05) is 48.2 Å². The van der Waals surface area contributed by atoms with Gasteiger partial charge in [0.1, 0.15) is 0 Å². The number of nitrogens with zero attached hydrogens (tertiary/aromatic N) is 2. The first-order valence-corrected chi connectivity index (χ1v) is 11.4. The Kier molecular flexibility index (Phi) is 8.24. The highest BCUT2D eigenvalue weighted by atomic mass is 16.5. The van der Waals surface area contributed by atoms with Crippen LogP contribution in [0.2, 0.25) is 0 Å². The fourth-order valence-electron chi connectivity index (χ4n) is 4.33. The number of rotatable bonds is 6. The molecule has 2 aromatic carbocycles. The van der Waals surface area contributed by atoms with Gasteiger partial charge in [-0.15, -0.1) is 0 Å². The van der Waals surface area contributed by atoms with E-state index in [-0.39, 0.29) is 30.6 Å². The van der Waals surface area contributed by atoms with Crippen LogP contribution in [0.5, 0.6) is 0 Å². The maximum absolute atomic E-state index is 13.7. The lowest BCUT2D eigenvalue weighted by Crippen LogP contribution is -2.47. The van der Waals surface area contributed by atoms with Gasteiger partial charge in [0.05, 0.1) is 25.4 Å². The number of aliphatic hydroxyl groups excluding tert-OH is 1. The SMILES string of the molecule is CCCN(C)C[C@H]1OCc2ccccc2-c2ccccc2C(=O)N([C@@H](C)CO)C[C@H]1C. The molecular weight excluding hydrogens is 388 g/mol. The van der Waals surface area contributed by atoms with Gasteiger partial charge in [0.25, 0.3) is 5.91 Å². The summed E-state index contributed by atoms with van der Waals surface area (Å²) in [6.07, 6.45) is 1.06. The molecule has 3 rings (SSSR count). The van der Waals surface area contributed by atoms with E-state index in [2.05, 4.69) is 37.9 Å². The van der Waals surface area contributed by atoms with Crippen LogP contribution in [0.3, 0.4) is 0 Å². The van der Waals surface area contributed by atoms with Gasteiger partial charge >= 0.3 is 0 Å². The number of carbonyl (C=O) groups is 1. The van der Waals surface area contributed by atoms with E-state index in [9.17, 15) is 9.90 Å². The minimum absolute atomic E-state index is 0.0213. The number of aliphatic hydroxyl groups is 1. The zero-order valence-corrected chi connectivity index (χ0v) is 19.3. The standard InChI is InChI=1S/C26H36N2O3/c1-5-14-27(4)16-25-19(2)15-28(20(3)17-29)26(30)24-13-9-8-12-23(24)22-11-7-6-10-21(22)18-31-25/h6-13,19-20,25,29H,5,14-18H2,1-4H3/t19-,20+,25-/m1/s1. The molecule has 1 heterocycles. The quantitative estimate of drug-likeness (QED) is 0.760. The van der Waals surface area contributed by atoms with Gasteiger partial charge in [-0.2, -0.15) is 0 Å². The van der Waals surface area contributed by atoms with Crippen LogP contribution >= 0.6 is 0 Å².